The average molecular weight is 394 g/mol. The van der Waals surface area contributed by atoms with Crippen LogP contribution in [0.5, 0.6) is 0 Å². The van der Waals surface area contributed by atoms with Crippen molar-refractivity contribution in [3.8, 4) is 0 Å². The smallest absolute Gasteiger partial charge is 0.337 e. The van der Waals surface area contributed by atoms with Gasteiger partial charge in [0.1, 0.15) is 12.4 Å². The average Bonchev–Trinajstić information content (AvgIpc) is 2.64. The third kappa shape index (κ3) is 5.52. The number of benzene rings is 2. The number of carbonyl (C=O) groups is 2. The highest BCUT2D eigenvalue weighted by Crippen LogP contribution is 2.18. The van der Waals surface area contributed by atoms with Gasteiger partial charge in [0.05, 0.1) is 24.6 Å². The zero-order valence-electron chi connectivity index (χ0n) is 14.8. The maximum absolute atomic E-state index is 13.6. The Morgan fingerprint density at radius 2 is 1.74 bits per heavy atom. The lowest BCUT2D eigenvalue weighted by molar-refractivity contribution is -0.119. The summed E-state index contributed by atoms with van der Waals surface area (Å²) < 4.78 is 43.2. The molecule has 0 unspecified atom stereocenters. The van der Waals surface area contributed by atoms with Crippen LogP contribution in [0.15, 0.2) is 48.5 Å². The first-order valence-corrected chi connectivity index (χ1v) is 9.73. The lowest BCUT2D eigenvalue weighted by Gasteiger charge is -2.22. The summed E-state index contributed by atoms with van der Waals surface area (Å²) in [6.45, 7) is -0.546. The molecule has 1 amide bonds. The standard InChI is InChI=1S/C18H19FN2O5S/c1-26-18(23)13-7-9-15(10-8-13)21(27(2,24)25)12-17(22)20-11-14-5-3-4-6-16(14)19/h3-10H,11-12H2,1-2H3,(H,20,22). The molecule has 144 valence electrons. The van der Waals surface area contributed by atoms with Gasteiger partial charge in [-0.1, -0.05) is 18.2 Å². The van der Waals surface area contributed by atoms with E-state index in [9.17, 15) is 22.4 Å². The van der Waals surface area contributed by atoms with Crippen molar-refractivity contribution in [2.45, 2.75) is 6.54 Å². The summed E-state index contributed by atoms with van der Waals surface area (Å²) in [6, 6.07) is 11.6. The summed E-state index contributed by atoms with van der Waals surface area (Å²) in [4.78, 5) is 23.6. The van der Waals surface area contributed by atoms with Crippen LogP contribution in [0.4, 0.5) is 10.1 Å². The van der Waals surface area contributed by atoms with E-state index in [1.54, 1.807) is 6.07 Å². The number of carbonyl (C=O) groups excluding carboxylic acids is 2. The SMILES string of the molecule is COC(=O)c1ccc(N(CC(=O)NCc2ccccc2F)S(C)(=O)=O)cc1. The number of nitrogens with zero attached hydrogens (tertiary/aromatic N) is 1. The van der Waals surface area contributed by atoms with Crippen molar-refractivity contribution in [1.29, 1.82) is 0 Å². The fraction of sp³-hybridized carbons (Fsp3) is 0.222. The largest absolute Gasteiger partial charge is 0.465 e. The van der Waals surface area contributed by atoms with Gasteiger partial charge >= 0.3 is 5.97 Å². The zero-order valence-corrected chi connectivity index (χ0v) is 15.6. The molecule has 9 heteroatoms. The third-order valence-electron chi connectivity index (χ3n) is 3.70. The van der Waals surface area contributed by atoms with Crippen LogP contribution >= 0.6 is 0 Å². The minimum Gasteiger partial charge on any atom is -0.465 e. The molecule has 2 rings (SSSR count). The number of nitrogens with one attached hydrogen (secondary N) is 1. The molecule has 0 atom stereocenters. The summed E-state index contributed by atoms with van der Waals surface area (Å²) in [6.07, 6.45) is 0.964. The molecule has 0 aliphatic rings. The molecule has 0 radical (unpaired) electrons. The van der Waals surface area contributed by atoms with Crippen LogP contribution in [-0.2, 0) is 26.1 Å². The first-order valence-electron chi connectivity index (χ1n) is 7.88. The molecule has 0 heterocycles. The van der Waals surface area contributed by atoms with E-state index in [1.165, 1.54) is 49.6 Å². The van der Waals surface area contributed by atoms with Crippen molar-refractivity contribution < 1.29 is 27.1 Å². The van der Waals surface area contributed by atoms with E-state index in [0.29, 0.717) is 5.56 Å². The van der Waals surface area contributed by atoms with Gasteiger partial charge in [0.15, 0.2) is 0 Å². The monoisotopic (exact) mass is 394 g/mol. The first-order chi connectivity index (χ1) is 12.7. The summed E-state index contributed by atoms with van der Waals surface area (Å²) in [7, 11) is -2.53. The number of halogens is 1. The van der Waals surface area contributed by atoms with Crippen LogP contribution in [0.25, 0.3) is 0 Å². The second kappa shape index (κ2) is 8.63. The Morgan fingerprint density at radius 3 is 2.30 bits per heavy atom. The Labute approximate surface area is 156 Å². The number of esters is 1. The highest BCUT2D eigenvalue weighted by atomic mass is 32.2. The highest BCUT2D eigenvalue weighted by Gasteiger charge is 2.21. The number of anilines is 1. The molecular weight excluding hydrogens is 375 g/mol. The molecule has 0 saturated carbocycles. The summed E-state index contributed by atoms with van der Waals surface area (Å²) >= 11 is 0. The predicted octanol–water partition coefficient (Wildman–Crippen LogP) is 1.69. The summed E-state index contributed by atoms with van der Waals surface area (Å²) in [5, 5.41) is 2.49. The van der Waals surface area contributed by atoms with Crippen LogP contribution in [0.2, 0.25) is 0 Å². The molecular formula is C18H19FN2O5S. The van der Waals surface area contributed by atoms with Gasteiger partial charge in [-0.05, 0) is 30.3 Å². The van der Waals surface area contributed by atoms with Gasteiger partial charge in [-0.25, -0.2) is 17.6 Å². The van der Waals surface area contributed by atoms with Gasteiger partial charge < -0.3 is 10.1 Å². The summed E-state index contributed by atoms with van der Waals surface area (Å²) in [5.41, 5.74) is 0.754. The van der Waals surface area contributed by atoms with Crippen LogP contribution in [0, 0.1) is 5.82 Å². The van der Waals surface area contributed by atoms with Gasteiger partial charge in [0.25, 0.3) is 0 Å². The van der Waals surface area contributed by atoms with Crippen LogP contribution < -0.4 is 9.62 Å². The zero-order chi connectivity index (χ0) is 20.0. The minimum absolute atomic E-state index is 0.0651. The quantitative estimate of drug-likeness (QED) is 0.722. The minimum atomic E-state index is -3.76. The lowest BCUT2D eigenvalue weighted by atomic mass is 10.2. The topological polar surface area (TPSA) is 92.8 Å². The van der Waals surface area contributed by atoms with Crippen LogP contribution in [-0.4, -0.2) is 40.2 Å². The van der Waals surface area contributed by atoms with E-state index >= 15 is 0 Å². The predicted molar refractivity (Wildman–Crippen MR) is 98.2 cm³/mol. The number of rotatable bonds is 7. The number of methoxy groups -OCH3 is 1. The van der Waals surface area contributed by atoms with E-state index in [4.69, 9.17) is 0 Å². The Morgan fingerprint density at radius 1 is 1.11 bits per heavy atom. The molecule has 0 saturated heterocycles. The summed E-state index contributed by atoms with van der Waals surface area (Å²) in [5.74, 6) is -1.62. The Balaban J connectivity index is 2.12. The molecule has 2 aromatic carbocycles. The molecule has 0 spiro atoms. The normalized spacial score (nSPS) is 10.9. The fourth-order valence-electron chi connectivity index (χ4n) is 2.30. The van der Waals surface area contributed by atoms with Crippen molar-refractivity contribution in [3.05, 3.63) is 65.5 Å². The molecule has 0 aromatic heterocycles. The van der Waals surface area contributed by atoms with Gasteiger partial charge in [-0.15, -0.1) is 0 Å². The van der Waals surface area contributed by atoms with E-state index in [1.807, 2.05) is 0 Å². The van der Waals surface area contributed by atoms with Crippen molar-refractivity contribution >= 4 is 27.6 Å². The first kappa shape index (κ1) is 20.4. The molecule has 0 fully saturated rings. The Kier molecular flexibility index (Phi) is 6.51. The maximum atomic E-state index is 13.6. The van der Waals surface area contributed by atoms with E-state index < -0.39 is 34.3 Å². The molecule has 0 bridgehead atoms. The number of amides is 1. The second-order valence-electron chi connectivity index (χ2n) is 5.68. The van der Waals surface area contributed by atoms with Crippen molar-refractivity contribution in [2.75, 3.05) is 24.2 Å². The highest BCUT2D eigenvalue weighted by molar-refractivity contribution is 7.92. The Bertz CT molecular complexity index is 929. The molecule has 7 nitrogen and oxygen atoms in total. The van der Waals surface area contributed by atoms with E-state index in [0.717, 1.165) is 10.6 Å². The van der Waals surface area contributed by atoms with Gasteiger partial charge in [0, 0.05) is 12.1 Å². The fourth-order valence-corrected chi connectivity index (χ4v) is 3.16. The van der Waals surface area contributed by atoms with Crippen LogP contribution in [0.3, 0.4) is 0 Å². The molecule has 2 aromatic rings. The van der Waals surface area contributed by atoms with Crippen molar-refractivity contribution in [1.82, 2.24) is 5.32 Å². The van der Waals surface area contributed by atoms with Gasteiger partial charge in [-0.3, -0.25) is 9.10 Å². The molecule has 0 aliphatic heterocycles. The number of ether oxygens (including phenoxy) is 1. The van der Waals surface area contributed by atoms with Crippen molar-refractivity contribution in [3.63, 3.8) is 0 Å². The molecule has 0 aliphatic carbocycles. The van der Waals surface area contributed by atoms with Crippen molar-refractivity contribution in [2.24, 2.45) is 0 Å². The van der Waals surface area contributed by atoms with E-state index in [-0.39, 0.29) is 17.8 Å². The van der Waals surface area contributed by atoms with Gasteiger partial charge in [0.2, 0.25) is 15.9 Å². The van der Waals surface area contributed by atoms with E-state index in [2.05, 4.69) is 10.1 Å². The maximum Gasteiger partial charge on any atom is 0.337 e. The number of hydrogen-bond acceptors (Lipinski definition) is 5. The van der Waals surface area contributed by atoms with Crippen LogP contribution in [0.1, 0.15) is 15.9 Å². The Hall–Kier alpha value is -2.94. The molecule has 1 N–H and O–H groups in total. The molecule has 27 heavy (non-hydrogen) atoms. The number of hydrogen-bond donors (Lipinski definition) is 1. The lowest BCUT2D eigenvalue weighted by Crippen LogP contribution is -2.40. The third-order valence-corrected chi connectivity index (χ3v) is 4.84. The van der Waals surface area contributed by atoms with Gasteiger partial charge in [-0.2, -0.15) is 0 Å². The number of sulfonamides is 1. The second-order valence-corrected chi connectivity index (χ2v) is 7.58.